The quantitative estimate of drug-likeness (QED) is 0.0245. The molecule has 0 spiro atoms. The minimum atomic E-state index is -0.229. The number of methoxy groups -OCH3 is 1. The number of nitrogens with zero attached hydrogens (tertiary/aromatic N) is 2. The molecule has 14 heteroatoms. The number of carbonyl (C=O) groups is 7. The maximum atomic E-state index is 11.4. The maximum Gasteiger partial charge on any atom is 0.320 e. The van der Waals surface area contributed by atoms with E-state index in [0.717, 1.165) is 77.0 Å². The van der Waals surface area contributed by atoms with Crippen LogP contribution in [0.25, 0.3) is 0 Å². The van der Waals surface area contributed by atoms with E-state index in [1.165, 1.54) is 135 Å². The van der Waals surface area contributed by atoms with Gasteiger partial charge in [-0.25, -0.2) is 0 Å². The van der Waals surface area contributed by atoms with Gasteiger partial charge in [0.15, 0.2) is 0 Å². The Morgan fingerprint density at radius 3 is 1.28 bits per heavy atom. The average molecular weight is 1110 g/mol. The lowest BCUT2D eigenvalue weighted by atomic mass is 9.87. The first-order chi connectivity index (χ1) is 37.7. The number of carbonyl (C=O) groups excluding carboxylic acids is 7. The third-order valence-electron chi connectivity index (χ3n) is 13.9. The van der Waals surface area contributed by atoms with Crippen molar-refractivity contribution in [3.05, 3.63) is 0 Å². The summed E-state index contributed by atoms with van der Waals surface area (Å²) in [4.78, 5) is 79.5. The Labute approximate surface area is 479 Å². The fraction of sp³-hybridized carbons (Fsp3) is 0.891. The highest BCUT2D eigenvalue weighted by molar-refractivity contribution is 5.75. The van der Waals surface area contributed by atoms with E-state index in [1.54, 1.807) is 25.9 Å². The summed E-state index contributed by atoms with van der Waals surface area (Å²) in [6.45, 7) is 26.4. The molecule has 0 aromatic carbocycles. The van der Waals surface area contributed by atoms with Gasteiger partial charge in [-0.3, -0.25) is 28.9 Å². The molecule has 0 aromatic rings. The van der Waals surface area contributed by atoms with Crippen LogP contribution in [0.15, 0.2) is 0 Å². The number of likely N-dealkylation sites (N-methyl/N-ethyl adjacent to an activating group) is 1. The van der Waals surface area contributed by atoms with Crippen LogP contribution in [0.3, 0.4) is 0 Å². The van der Waals surface area contributed by atoms with Gasteiger partial charge in [-0.1, -0.05) is 210 Å². The zero-order valence-electron chi connectivity index (χ0n) is 52.7. The van der Waals surface area contributed by atoms with E-state index in [4.69, 9.17) is 23.7 Å². The predicted molar refractivity (Wildman–Crippen MR) is 320 cm³/mol. The molecular formula is C64H124N2O12. The van der Waals surface area contributed by atoms with Gasteiger partial charge in [0, 0.05) is 51.9 Å². The van der Waals surface area contributed by atoms with Gasteiger partial charge >= 0.3 is 23.9 Å². The Balaban J connectivity index is -0.000000431. The molecule has 0 bridgehead atoms. The number of rotatable bonds is 42. The summed E-state index contributed by atoms with van der Waals surface area (Å²) in [6, 6.07) is 0.441. The fourth-order valence-corrected chi connectivity index (χ4v) is 8.06. The zero-order valence-corrected chi connectivity index (χ0v) is 52.7. The number of hydrogen-bond acceptors (Lipinski definition) is 13. The smallest absolute Gasteiger partial charge is 0.320 e. The molecule has 2 fully saturated rings. The Morgan fingerprint density at radius 1 is 0.538 bits per heavy atom. The Hall–Kier alpha value is -3.39. The van der Waals surface area contributed by atoms with Crippen LogP contribution in [0.4, 0.5) is 0 Å². The van der Waals surface area contributed by atoms with Gasteiger partial charge in [0.05, 0.1) is 39.0 Å². The summed E-state index contributed by atoms with van der Waals surface area (Å²) in [6.07, 6.45) is 39.9. The van der Waals surface area contributed by atoms with E-state index in [2.05, 4.69) is 48.5 Å². The van der Waals surface area contributed by atoms with Crippen molar-refractivity contribution in [2.75, 3.05) is 59.8 Å². The van der Waals surface area contributed by atoms with Crippen LogP contribution in [-0.2, 0) is 57.2 Å². The van der Waals surface area contributed by atoms with Crippen LogP contribution >= 0.6 is 0 Å². The molecule has 2 rings (SSSR count). The lowest BCUT2D eigenvalue weighted by molar-refractivity contribution is -0.156. The topological polar surface area (TPSA) is 172 Å². The van der Waals surface area contributed by atoms with Crippen molar-refractivity contribution in [3.63, 3.8) is 0 Å². The number of ether oxygens (including phenoxy) is 5. The van der Waals surface area contributed by atoms with Crippen molar-refractivity contribution in [2.45, 2.75) is 300 Å². The predicted octanol–water partition coefficient (Wildman–Crippen LogP) is 15.4. The van der Waals surface area contributed by atoms with Gasteiger partial charge in [-0.05, 0) is 63.8 Å². The maximum absolute atomic E-state index is 11.4. The summed E-state index contributed by atoms with van der Waals surface area (Å²) in [7, 11) is 1.77. The van der Waals surface area contributed by atoms with Gasteiger partial charge in [0.1, 0.15) is 19.2 Å². The molecule has 0 radical (unpaired) electrons. The number of aldehydes is 2. The standard InChI is InChI=1S/C14H27NO3.C14H28O2.C11H19NO3.C11H22O2.C9H20O.C5H8O/c1-3-5-6-7-8-9-12-18-14(17)13-15(4-2)10-11-16;1-4-6-7-8-9-10-11-16-14(15)12-13(3)5-2;1-4-9-6-10(12(9)8(3)13)7-15-11(14)5-2;1-3-5-6-7-8-9-10-13-11(12)4-2;1-3-4-5-6-7-8-9-10-2;6-4-5-2-1-3-5/h11H,3-10,12-13H2,1-2H3;13H,4-12H2,1-3H3;9-10H,4-7H2,1-3H3;3-10H2,1-2H3;3-9H2,1-2H3;4-5H,1-3H2. The normalized spacial score (nSPS) is 14.4. The summed E-state index contributed by atoms with van der Waals surface area (Å²) in [5.41, 5.74) is 0. The van der Waals surface area contributed by atoms with Gasteiger partial charge in [-0.2, -0.15) is 0 Å². The third kappa shape index (κ3) is 57.3. The lowest BCUT2D eigenvalue weighted by Crippen LogP contribution is -2.59. The second-order valence-corrected chi connectivity index (χ2v) is 21.0. The lowest BCUT2D eigenvalue weighted by Gasteiger charge is -2.47. The summed E-state index contributed by atoms with van der Waals surface area (Å²) in [5, 5.41) is 0. The zero-order chi connectivity index (χ0) is 59.3. The molecule has 1 saturated carbocycles. The minimum absolute atomic E-state index is 0.0251. The monoisotopic (exact) mass is 1110 g/mol. The van der Waals surface area contributed by atoms with Crippen LogP contribution in [0.2, 0.25) is 0 Å². The summed E-state index contributed by atoms with van der Waals surface area (Å²) >= 11 is 0. The molecule has 1 aliphatic heterocycles. The van der Waals surface area contributed by atoms with Crippen LogP contribution in [0, 0.1) is 11.8 Å². The van der Waals surface area contributed by atoms with E-state index in [9.17, 15) is 33.6 Å². The number of unbranched alkanes of at least 4 members (excludes halogenated alkanes) is 20. The van der Waals surface area contributed by atoms with Crippen LogP contribution < -0.4 is 0 Å². The Kier molecular flexibility index (Phi) is 67.0. The van der Waals surface area contributed by atoms with Gasteiger partial charge in [0.25, 0.3) is 0 Å². The average Bonchev–Trinajstić information content (AvgIpc) is 3.40. The second-order valence-electron chi connectivity index (χ2n) is 21.0. The SMILES string of the molecule is CCC(=O)OCC1CC(CC)N1C(C)=O.CCCCCCCCOC.CCCCCCCCOC(=O)CC.CCCCCCCCOC(=O)CC(C)CC.CCCCCCCCOC(=O)CN(CC)CC=O.O=CC1CCC1. The van der Waals surface area contributed by atoms with Crippen molar-refractivity contribution in [2.24, 2.45) is 11.8 Å². The first-order valence-corrected chi connectivity index (χ1v) is 31.7. The van der Waals surface area contributed by atoms with Gasteiger partial charge < -0.3 is 38.2 Å². The molecule has 3 atom stereocenters. The Morgan fingerprint density at radius 2 is 0.949 bits per heavy atom. The van der Waals surface area contributed by atoms with Crippen LogP contribution in [0.5, 0.6) is 0 Å². The molecule has 1 heterocycles. The third-order valence-corrected chi connectivity index (χ3v) is 13.9. The van der Waals surface area contributed by atoms with Crippen LogP contribution in [0.1, 0.15) is 288 Å². The molecule has 1 aliphatic carbocycles. The van der Waals surface area contributed by atoms with Crippen molar-refractivity contribution in [1.82, 2.24) is 9.80 Å². The molecule has 0 aromatic heterocycles. The van der Waals surface area contributed by atoms with E-state index in [-0.39, 0.29) is 42.4 Å². The van der Waals surface area contributed by atoms with E-state index in [0.29, 0.717) is 76.7 Å². The van der Waals surface area contributed by atoms with Crippen molar-refractivity contribution in [1.29, 1.82) is 0 Å². The number of likely N-dealkylation sites (tertiary alicyclic amines) is 1. The Bertz CT molecular complexity index is 1350. The van der Waals surface area contributed by atoms with Crippen molar-refractivity contribution >= 4 is 42.4 Å². The van der Waals surface area contributed by atoms with Crippen LogP contribution in [-0.4, -0.2) is 124 Å². The van der Waals surface area contributed by atoms with Gasteiger partial charge in [0.2, 0.25) is 5.91 Å². The number of hydrogen-bond donors (Lipinski definition) is 0. The summed E-state index contributed by atoms with van der Waals surface area (Å²) in [5.74, 6) is 0.440. The van der Waals surface area contributed by atoms with E-state index < -0.39 is 0 Å². The highest BCUT2D eigenvalue weighted by atomic mass is 16.5. The molecule has 462 valence electrons. The number of amides is 1. The molecule has 14 nitrogen and oxygen atoms in total. The van der Waals surface area contributed by atoms with Gasteiger partial charge in [-0.15, -0.1) is 0 Å². The number of esters is 4. The van der Waals surface area contributed by atoms with Crippen molar-refractivity contribution in [3.8, 4) is 0 Å². The first kappa shape index (κ1) is 81.1. The van der Waals surface area contributed by atoms with E-state index >= 15 is 0 Å². The highest BCUT2D eigenvalue weighted by Gasteiger charge is 2.39. The fourth-order valence-electron chi connectivity index (χ4n) is 8.06. The molecule has 3 unspecified atom stereocenters. The summed E-state index contributed by atoms with van der Waals surface area (Å²) < 4.78 is 25.3. The molecule has 0 N–H and O–H groups in total. The molecule has 78 heavy (non-hydrogen) atoms. The molecule has 2 aliphatic rings. The second kappa shape index (κ2) is 64.4. The molecule has 1 saturated heterocycles. The van der Waals surface area contributed by atoms with Crippen molar-refractivity contribution < 1.29 is 57.2 Å². The minimum Gasteiger partial charge on any atom is -0.466 e. The molecular weight excluding hydrogens is 989 g/mol. The largest absolute Gasteiger partial charge is 0.466 e. The van der Waals surface area contributed by atoms with E-state index in [1.807, 2.05) is 18.7 Å². The highest BCUT2D eigenvalue weighted by Crippen LogP contribution is 2.28. The molecule has 1 amide bonds. The first-order valence-electron chi connectivity index (χ1n) is 31.7.